The number of anilines is 1. The summed E-state index contributed by atoms with van der Waals surface area (Å²) in [6.45, 7) is 4.47. The lowest BCUT2D eigenvalue weighted by Gasteiger charge is -2.20. The molecule has 1 aromatic carbocycles. The topological polar surface area (TPSA) is 63.2 Å². The zero-order valence-corrected chi connectivity index (χ0v) is 13.7. The molecule has 0 bridgehead atoms. The van der Waals surface area contributed by atoms with Gasteiger partial charge in [0.25, 0.3) is 5.91 Å². The average molecular weight is 317 g/mol. The number of aromatic nitrogens is 1. The van der Waals surface area contributed by atoms with E-state index >= 15 is 0 Å². The van der Waals surface area contributed by atoms with Crippen LogP contribution in [0.25, 0.3) is 0 Å². The van der Waals surface area contributed by atoms with Crippen LogP contribution in [0.5, 0.6) is 5.75 Å². The van der Waals surface area contributed by atoms with Gasteiger partial charge in [0.1, 0.15) is 10.8 Å². The van der Waals surface area contributed by atoms with E-state index in [2.05, 4.69) is 21.1 Å². The molecule has 0 saturated carbocycles. The molecule has 1 aliphatic heterocycles. The van der Waals surface area contributed by atoms with Gasteiger partial charge >= 0.3 is 0 Å². The van der Waals surface area contributed by atoms with Crippen molar-refractivity contribution in [2.75, 3.05) is 19.0 Å². The van der Waals surface area contributed by atoms with Crippen LogP contribution in [0, 0.1) is 6.92 Å². The Kier molecular flexibility index (Phi) is 4.02. The van der Waals surface area contributed by atoms with E-state index in [1.54, 1.807) is 7.05 Å². The van der Waals surface area contributed by atoms with Gasteiger partial charge in [-0.15, -0.1) is 0 Å². The predicted molar refractivity (Wildman–Crippen MR) is 88.0 cm³/mol. The minimum absolute atomic E-state index is 0.0137. The second kappa shape index (κ2) is 5.96. The number of ether oxygens (including phenoxy) is 1. The third-order valence-electron chi connectivity index (χ3n) is 4.02. The van der Waals surface area contributed by atoms with Crippen LogP contribution in [0.15, 0.2) is 24.3 Å². The van der Waals surface area contributed by atoms with Gasteiger partial charge in [0.2, 0.25) is 0 Å². The fourth-order valence-corrected chi connectivity index (χ4v) is 3.53. The highest BCUT2D eigenvalue weighted by Crippen LogP contribution is 2.35. The number of nitrogens with one attached hydrogen (secondary N) is 2. The van der Waals surface area contributed by atoms with Gasteiger partial charge < -0.3 is 15.4 Å². The smallest absolute Gasteiger partial charge is 0.256 e. The largest absolute Gasteiger partial charge is 0.493 e. The van der Waals surface area contributed by atoms with Crippen molar-refractivity contribution in [1.82, 2.24) is 9.69 Å². The zero-order chi connectivity index (χ0) is 15.7. The van der Waals surface area contributed by atoms with Crippen molar-refractivity contribution in [2.24, 2.45) is 0 Å². The molecule has 2 atom stereocenters. The molecule has 2 N–H and O–H groups in total. The van der Waals surface area contributed by atoms with Crippen molar-refractivity contribution in [3.05, 3.63) is 41.1 Å². The molecule has 6 heteroatoms. The number of rotatable bonds is 4. The molecule has 22 heavy (non-hydrogen) atoms. The Bertz CT molecular complexity index is 698. The summed E-state index contributed by atoms with van der Waals surface area (Å²) in [5.41, 5.74) is 2.54. The molecule has 0 spiro atoms. The van der Waals surface area contributed by atoms with Crippen LogP contribution >= 0.6 is 11.5 Å². The highest BCUT2D eigenvalue weighted by molar-refractivity contribution is 7.10. The van der Waals surface area contributed by atoms with Crippen LogP contribution in [0.1, 0.15) is 34.5 Å². The molecule has 1 aromatic heterocycles. The molecule has 0 fully saturated rings. The monoisotopic (exact) mass is 317 g/mol. The number of carbonyl (C=O) groups excluding carboxylic acids is 1. The quantitative estimate of drug-likeness (QED) is 0.910. The molecule has 1 aliphatic rings. The Morgan fingerprint density at radius 2 is 2.23 bits per heavy atom. The van der Waals surface area contributed by atoms with E-state index in [4.69, 9.17) is 4.74 Å². The Morgan fingerprint density at radius 3 is 3.00 bits per heavy atom. The van der Waals surface area contributed by atoms with Gasteiger partial charge in [-0.25, -0.2) is 0 Å². The Balaban J connectivity index is 1.76. The minimum Gasteiger partial charge on any atom is -0.493 e. The third-order valence-corrected chi connectivity index (χ3v) is 4.97. The molecule has 0 unspecified atom stereocenters. The molecule has 0 radical (unpaired) electrons. The third kappa shape index (κ3) is 2.54. The van der Waals surface area contributed by atoms with Crippen molar-refractivity contribution in [1.29, 1.82) is 0 Å². The van der Waals surface area contributed by atoms with Gasteiger partial charge in [0.15, 0.2) is 0 Å². The SMILES string of the molecule is CNc1snc(C)c1C(=O)N[C@@H](C)[C@H]1COc2ccccc21. The van der Waals surface area contributed by atoms with Crippen LogP contribution in [-0.2, 0) is 0 Å². The lowest BCUT2D eigenvalue weighted by atomic mass is 9.94. The predicted octanol–water partition coefficient (Wildman–Crippen LogP) is 2.79. The number of fused-ring (bicyclic) bond motifs is 1. The molecule has 3 rings (SSSR count). The summed E-state index contributed by atoms with van der Waals surface area (Å²) in [5, 5.41) is 6.91. The van der Waals surface area contributed by atoms with Gasteiger partial charge in [-0.2, -0.15) is 4.37 Å². The number of para-hydroxylation sites is 1. The molecule has 2 heterocycles. The Labute approximate surface area is 133 Å². The first-order valence-corrected chi connectivity index (χ1v) is 8.05. The van der Waals surface area contributed by atoms with Crippen molar-refractivity contribution >= 4 is 22.4 Å². The molecule has 2 aromatic rings. The summed E-state index contributed by atoms with van der Waals surface area (Å²) < 4.78 is 9.94. The highest BCUT2D eigenvalue weighted by atomic mass is 32.1. The van der Waals surface area contributed by atoms with E-state index in [1.807, 2.05) is 32.0 Å². The molecular weight excluding hydrogens is 298 g/mol. The van der Waals surface area contributed by atoms with Crippen LogP contribution in [0.2, 0.25) is 0 Å². The summed E-state index contributed by atoms with van der Waals surface area (Å²) >= 11 is 1.31. The summed E-state index contributed by atoms with van der Waals surface area (Å²) in [7, 11) is 1.80. The Hall–Kier alpha value is -2.08. The molecule has 0 aliphatic carbocycles. The summed E-state index contributed by atoms with van der Waals surface area (Å²) in [5.74, 6) is 0.996. The maximum atomic E-state index is 12.6. The van der Waals surface area contributed by atoms with Crippen molar-refractivity contribution < 1.29 is 9.53 Å². The summed E-state index contributed by atoms with van der Waals surface area (Å²) in [4.78, 5) is 12.6. The fourth-order valence-electron chi connectivity index (χ4n) is 2.79. The minimum atomic E-state index is -0.0903. The van der Waals surface area contributed by atoms with Gasteiger partial charge in [-0.3, -0.25) is 4.79 Å². The number of amides is 1. The standard InChI is InChI=1S/C16H19N3O2S/c1-9(12-8-21-13-7-5-4-6-11(12)13)18-15(20)14-10(2)19-22-16(14)17-3/h4-7,9,12,17H,8H2,1-3H3,(H,18,20)/t9-,12+/m0/s1. The van der Waals surface area contributed by atoms with Crippen molar-refractivity contribution in [3.63, 3.8) is 0 Å². The molecule has 1 amide bonds. The van der Waals surface area contributed by atoms with E-state index < -0.39 is 0 Å². The van der Waals surface area contributed by atoms with E-state index in [0.29, 0.717) is 12.2 Å². The first-order chi connectivity index (χ1) is 10.6. The summed E-state index contributed by atoms with van der Waals surface area (Å²) in [6.07, 6.45) is 0. The number of carbonyl (C=O) groups is 1. The van der Waals surface area contributed by atoms with Crippen LogP contribution in [-0.4, -0.2) is 30.0 Å². The van der Waals surface area contributed by atoms with E-state index in [9.17, 15) is 4.79 Å². The van der Waals surface area contributed by atoms with Gasteiger partial charge in [-0.05, 0) is 31.4 Å². The maximum Gasteiger partial charge on any atom is 0.256 e. The lowest BCUT2D eigenvalue weighted by molar-refractivity contribution is 0.0933. The summed E-state index contributed by atoms with van der Waals surface area (Å²) in [6, 6.07) is 7.98. The van der Waals surface area contributed by atoms with Gasteiger partial charge in [0.05, 0.1) is 17.9 Å². The van der Waals surface area contributed by atoms with Crippen LogP contribution in [0.4, 0.5) is 5.00 Å². The van der Waals surface area contributed by atoms with Crippen molar-refractivity contribution in [2.45, 2.75) is 25.8 Å². The zero-order valence-electron chi connectivity index (χ0n) is 12.8. The number of hydrogen-bond acceptors (Lipinski definition) is 5. The van der Waals surface area contributed by atoms with E-state index in [-0.39, 0.29) is 17.9 Å². The fraction of sp³-hybridized carbons (Fsp3) is 0.375. The molecule has 5 nitrogen and oxygen atoms in total. The van der Waals surface area contributed by atoms with Crippen LogP contribution < -0.4 is 15.4 Å². The van der Waals surface area contributed by atoms with Gasteiger partial charge in [-0.1, -0.05) is 18.2 Å². The number of aryl methyl sites for hydroxylation is 1. The second-order valence-corrected chi connectivity index (χ2v) is 6.21. The number of benzene rings is 1. The van der Waals surface area contributed by atoms with Gasteiger partial charge in [0, 0.05) is 24.6 Å². The van der Waals surface area contributed by atoms with Crippen LogP contribution in [0.3, 0.4) is 0 Å². The van der Waals surface area contributed by atoms with Crippen molar-refractivity contribution in [3.8, 4) is 5.75 Å². The number of nitrogens with zero attached hydrogens (tertiary/aromatic N) is 1. The van der Waals surface area contributed by atoms with E-state index in [0.717, 1.165) is 22.0 Å². The first-order valence-electron chi connectivity index (χ1n) is 7.28. The average Bonchev–Trinajstić information content (AvgIpc) is 3.10. The highest BCUT2D eigenvalue weighted by Gasteiger charge is 2.30. The first kappa shape index (κ1) is 14.8. The maximum absolute atomic E-state index is 12.6. The number of hydrogen-bond donors (Lipinski definition) is 2. The molecular formula is C16H19N3O2S. The van der Waals surface area contributed by atoms with E-state index in [1.165, 1.54) is 11.5 Å². The molecule has 116 valence electrons. The lowest BCUT2D eigenvalue weighted by Crippen LogP contribution is -2.38. The molecule has 0 saturated heterocycles. The normalized spacial score (nSPS) is 17.5. The second-order valence-electron chi connectivity index (χ2n) is 5.44. The Morgan fingerprint density at radius 1 is 1.45 bits per heavy atom.